The highest BCUT2D eigenvalue weighted by atomic mass is 35.5. The van der Waals surface area contributed by atoms with Crippen LogP contribution in [0.5, 0.6) is 0 Å². The van der Waals surface area contributed by atoms with Gasteiger partial charge in [0.25, 0.3) is 0 Å². The van der Waals surface area contributed by atoms with Gasteiger partial charge >= 0.3 is 0 Å². The molecule has 1 aromatic carbocycles. The lowest BCUT2D eigenvalue weighted by Gasteiger charge is -2.15. The van der Waals surface area contributed by atoms with E-state index in [0.717, 1.165) is 19.4 Å². The molecule has 1 aromatic rings. The molecule has 0 heterocycles. The summed E-state index contributed by atoms with van der Waals surface area (Å²) in [6.07, 6.45) is 1.98. The van der Waals surface area contributed by atoms with E-state index in [1.807, 2.05) is 18.2 Å². The Bertz CT molecular complexity index is 300. The Balaban J connectivity index is 2.25. The summed E-state index contributed by atoms with van der Waals surface area (Å²) in [6.45, 7) is 0.764. The van der Waals surface area contributed by atoms with E-state index in [2.05, 4.69) is 12.1 Å². The van der Waals surface area contributed by atoms with Crippen LogP contribution in [0.3, 0.4) is 0 Å². The molecule has 0 aliphatic carbocycles. The first-order chi connectivity index (χ1) is 7.24. The van der Waals surface area contributed by atoms with Crippen LogP contribution in [0, 0.1) is 0 Å². The average Bonchev–Trinajstić information content (AvgIpc) is 2.29. The van der Waals surface area contributed by atoms with Crippen LogP contribution in [0.15, 0.2) is 30.3 Å². The van der Waals surface area contributed by atoms with Gasteiger partial charge < -0.3 is 4.90 Å². The summed E-state index contributed by atoms with van der Waals surface area (Å²) in [6, 6.07) is 10.3. The Hall–Kier alpha value is -1.02. The van der Waals surface area contributed by atoms with Crippen molar-refractivity contribution in [2.75, 3.05) is 19.5 Å². The molecule has 1 amide bonds. The quantitative estimate of drug-likeness (QED) is 0.705. The van der Waals surface area contributed by atoms with Crippen molar-refractivity contribution in [3.05, 3.63) is 35.9 Å². The number of amides is 1. The first kappa shape index (κ1) is 12.1. The first-order valence-electron chi connectivity index (χ1n) is 5.08. The van der Waals surface area contributed by atoms with Crippen molar-refractivity contribution in [2.45, 2.75) is 12.8 Å². The number of hydrogen-bond acceptors (Lipinski definition) is 1. The number of carbonyl (C=O) groups is 1. The standard InChI is InChI=1S/C12H16ClNO/c1-14(12(15)10-13)9-5-8-11-6-3-2-4-7-11/h2-4,6-7H,5,8-10H2,1H3. The van der Waals surface area contributed by atoms with Gasteiger partial charge in [-0.3, -0.25) is 4.79 Å². The van der Waals surface area contributed by atoms with Gasteiger partial charge in [-0.05, 0) is 18.4 Å². The van der Waals surface area contributed by atoms with E-state index < -0.39 is 0 Å². The zero-order chi connectivity index (χ0) is 11.1. The summed E-state index contributed by atoms with van der Waals surface area (Å²) in [5, 5.41) is 0. The smallest absolute Gasteiger partial charge is 0.237 e. The highest BCUT2D eigenvalue weighted by Crippen LogP contribution is 2.03. The lowest BCUT2D eigenvalue weighted by Crippen LogP contribution is -2.28. The number of carbonyl (C=O) groups excluding carboxylic acids is 1. The lowest BCUT2D eigenvalue weighted by molar-refractivity contribution is -0.127. The summed E-state index contributed by atoms with van der Waals surface area (Å²) in [7, 11) is 1.79. The predicted molar refractivity (Wildman–Crippen MR) is 63.1 cm³/mol. The molecule has 0 radical (unpaired) electrons. The molecule has 82 valence electrons. The number of nitrogens with zero attached hydrogens (tertiary/aromatic N) is 1. The molecule has 0 aliphatic rings. The second-order valence-corrected chi connectivity index (χ2v) is 3.81. The van der Waals surface area contributed by atoms with Gasteiger partial charge in [0, 0.05) is 13.6 Å². The SMILES string of the molecule is CN(CCCc1ccccc1)C(=O)CCl. The van der Waals surface area contributed by atoms with Crippen LogP contribution in [0.25, 0.3) is 0 Å². The Morgan fingerprint density at radius 3 is 2.60 bits per heavy atom. The third-order valence-electron chi connectivity index (χ3n) is 2.34. The highest BCUT2D eigenvalue weighted by Gasteiger charge is 2.05. The number of aryl methyl sites for hydroxylation is 1. The molecule has 0 aliphatic heterocycles. The fourth-order valence-electron chi connectivity index (χ4n) is 1.39. The van der Waals surface area contributed by atoms with E-state index in [1.165, 1.54) is 5.56 Å². The van der Waals surface area contributed by atoms with Gasteiger partial charge in [0.15, 0.2) is 0 Å². The minimum atomic E-state index is -0.00951. The summed E-state index contributed by atoms with van der Waals surface area (Å²) >= 11 is 5.45. The van der Waals surface area contributed by atoms with Crippen LogP contribution in [0.4, 0.5) is 0 Å². The molecule has 0 fully saturated rings. The van der Waals surface area contributed by atoms with Crippen LogP contribution in [0.1, 0.15) is 12.0 Å². The van der Waals surface area contributed by atoms with Gasteiger partial charge in [-0.2, -0.15) is 0 Å². The molecule has 2 nitrogen and oxygen atoms in total. The minimum absolute atomic E-state index is 0.00951. The number of rotatable bonds is 5. The Morgan fingerprint density at radius 2 is 2.00 bits per heavy atom. The first-order valence-corrected chi connectivity index (χ1v) is 5.61. The largest absolute Gasteiger partial charge is 0.345 e. The van der Waals surface area contributed by atoms with Gasteiger partial charge in [-0.25, -0.2) is 0 Å². The third-order valence-corrected chi connectivity index (χ3v) is 2.57. The van der Waals surface area contributed by atoms with Crippen LogP contribution in [0.2, 0.25) is 0 Å². The topological polar surface area (TPSA) is 20.3 Å². The summed E-state index contributed by atoms with van der Waals surface area (Å²) in [5.74, 6) is 0.0618. The number of hydrogen-bond donors (Lipinski definition) is 0. The second-order valence-electron chi connectivity index (χ2n) is 3.54. The molecule has 0 saturated heterocycles. The molecule has 3 heteroatoms. The van der Waals surface area contributed by atoms with Crippen molar-refractivity contribution in [2.24, 2.45) is 0 Å². The van der Waals surface area contributed by atoms with Gasteiger partial charge in [0.05, 0.1) is 0 Å². The van der Waals surface area contributed by atoms with E-state index in [0.29, 0.717) is 0 Å². The fraction of sp³-hybridized carbons (Fsp3) is 0.417. The molecular formula is C12H16ClNO. The van der Waals surface area contributed by atoms with Crippen molar-refractivity contribution in [3.8, 4) is 0 Å². The van der Waals surface area contributed by atoms with Crippen molar-refractivity contribution >= 4 is 17.5 Å². The molecule has 0 spiro atoms. The fourth-order valence-corrected chi connectivity index (χ4v) is 1.60. The summed E-state index contributed by atoms with van der Waals surface area (Å²) in [4.78, 5) is 12.8. The summed E-state index contributed by atoms with van der Waals surface area (Å²) in [5.41, 5.74) is 1.31. The monoisotopic (exact) mass is 225 g/mol. The molecule has 0 bridgehead atoms. The summed E-state index contributed by atoms with van der Waals surface area (Å²) < 4.78 is 0. The molecule has 0 aromatic heterocycles. The maximum absolute atomic E-state index is 11.1. The molecule has 0 unspecified atom stereocenters. The van der Waals surface area contributed by atoms with Crippen LogP contribution >= 0.6 is 11.6 Å². The normalized spacial score (nSPS) is 10.0. The highest BCUT2D eigenvalue weighted by molar-refractivity contribution is 6.27. The zero-order valence-electron chi connectivity index (χ0n) is 8.95. The predicted octanol–water partition coefficient (Wildman–Crippen LogP) is 2.32. The maximum Gasteiger partial charge on any atom is 0.237 e. The van der Waals surface area contributed by atoms with Gasteiger partial charge in [0.2, 0.25) is 5.91 Å². The van der Waals surface area contributed by atoms with E-state index in [1.54, 1.807) is 11.9 Å². The van der Waals surface area contributed by atoms with Crippen LogP contribution < -0.4 is 0 Å². The number of halogens is 1. The van der Waals surface area contributed by atoms with E-state index in [9.17, 15) is 4.79 Å². The molecule has 0 N–H and O–H groups in total. The Labute approximate surface area is 95.8 Å². The second kappa shape index (κ2) is 6.46. The minimum Gasteiger partial charge on any atom is -0.345 e. The van der Waals surface area contributed by atoms with E-state index in [-0.39, 0.29) is 11.8 Å². The van der Waals surface area contributed by atoms with Crippen LogP contribution in [-0.2, 0) is 11.2 Å². The molecular weight excluding hydrogens is 210 g/mol. The van der Waals surface area contributed by atoms with Crippen LogP contribution in [-0.4, -0.2) is 30.3 Å². The van der Waals surface area contributed by atoms with Gasteiger partial charge in [0.1, 0.15) is 5.88 Å². The van der Waals surface area contributed by atoms with Crippen molar-refractivity contribution in [3.63, 3.8) is 0 Å². The van der Waals surface area contributed by atoms with Crippen molar-refractivity contribution in [1.29, 1.82) is 0 Å². The van der Waals surface area contributed by atoms with Crippen molar-refractivity contribution in [1.82, 2.24) is 4.90 Å². The zero-order valence-corrected chi connectivity index (χ0v) is 9.70. The number of benzene rings is 1. The maximum atomic E-state index is 11.1. The molecule has 15 heavy (non-hydrogen) atoms. The van der Waals surface area contributed by atoms with E-state index >= 15 is 0 Å². The number of alkyl halides is 1. The van der Waals surface area contributed by atoms with Crippen molar-refractivity contribution < 1.29 is 4.79 Å². The lowest BCUT2D eigenvalue weighted by atomic mass is 10.1. The Kier molecular flexibility index (Phi) is 5.19. The molecule has 0 atom stereocenters. The average molecular weight is 226 g/mol. The van der Waals surface area contributed by atoms with Gasteiger partial charge in [-0.15, -0.1) is 11.6 Å². The molecule has 1 rings (SSSR count). The van der Waals surface area contributed by atoms with Gasteiger partial charge in [-0.1, -0.05) is 30.3 Å². The third kappa shape index (κ3) is 4.34. The van der Waals surface area contributed by atoms with E-state index in [4.69, 9.17) is 11.6 Å². The Morgan fingerprint density at radius 1 is 1.33 bits per heavy atom. The molecule has 0 saturated carbocycles.